The quantitative estimate of drug-likeness (QED) is 0.635. The van der Waals surface area contributed by atoms with Crippen molar-refractivity contribution in [2.75, 3.05) is 44.3 Å². The molecule has 1 atom stereocenters. The number of amides is 3. The number of imide groups is 1. The van der Waals surface area contributed by atoms with Gasteiger partial charge in [0.25, 0.3) is 5.91 Å². The summed E-state index contributed by atoms with van der Waals surface area (Å²) in [7, 11) is 0. The molecular weight excluding hydrogens is 406 g/mol. The highest BCUT2D eigenvalue weighted by molar-refractivity contribution is 6.23. The number of carbonyl (C=O) groups excluding carboxylic acids is 3. The lowest BCUT2D eigenvalue weighted by molar-refractivity contribution is -0.140. The summed E-state index contributed by atoms with van der Waals surface area (Å²) < 4.78 is 5.43. The average molecular weight is 442 g/mol. The van der Waals surface area contributed by atoms with E-state index >= 15 is 0 Å². The first-order valence-corrected chi connectivity index (χ1v) is 11.6. The standard InChI is InChI=1S/C25H35N3O4/c1-17-6-8-18(9-7-17)28-20(29)16-19(22(28)30)27(11-10-26-12-14-32-15-13-26)23(31)21-24(2,3)25(21,4)5/h6-9,19,21H,10-16H2,1-5H3. The third-order valence-electron chi connectivity index (χ3n) is 8.10. The van der Waals surface area contributed by atoms with Gasteiger partial charge < -0.3 is 9.64 Å². The monoisotopic (exact) mass is 441 g/mol. The third-order valence-corrected chi connectivity index (χ3v) is 8.10. The molecule has 3 aliphatic rings. The summed E-state index contributed by atoms with van der Waals surface area (Å²) in [6.07, 6.45) is 0.0368. The van der Waals surface area contributed by atoms with Gasteiger partial charge in [0.05, 0.1) is 25.3 Å². The summed E-state index contributed by atoms with van der Waals surface area (Å²) in [5.74, 6) is -0.714. The second-order valence-corrected chi connectivity index (χ2v) is 10.5. The van der Waals surface area contributed by atoms with Crippen LogP contribution in [0.4, 0.5) is 5.69 Å². The van der Waals surface area contributed by atoms with Crippen LogP contribution in [0, 0.1) is 23.7 Å². The molecule has 1 saturated carbocycles. The van der Waals surface area contributed by atoms with Gasteiger partial charge in [-0.15, -0.1) is 0 Å². The van der Waals surface area contributed by atoms with Gasteiger partial charge in [-0.25, -0.2) is 4.90 Å². The summed E-state index contributed by atoms with van der Waals surface area (Å²) in [4.78, 5) is 45.3. The van der Waals surface area contributed by atoms with Gasteiger partial charge in [0.1, 0.15) is 6.04 Å². The zero-order chi connectivity index (χ0) is 23.3. The topological polar surface area (TPSA) is 70.2 Å². The summed E-state index contributed by atoms with van der Waals surface area (Å²) in [6.45, 7) is 14.5. The van der Waals surface area contributed by atoms with Crippen LogP contribution >= 0.6 is 0 Å². The van der Waals surface area contributed by atoms with Crippen LogP contribution in [-0.4, -0.2) is 73.0 Å². The van der Waals surface area contributed by atoms with Gasteiger partial charge in [0, 0.05) is 32.1 Å². The van der Waals surface area contributed by atoms with Crippen molar-refractivity contribution in [3.8, 4) is 0 Å². The van der Waals surface area contributed by atoms with Crippen LogP contribution in [0.25, 0.3) is 0 Å². The van der Waals surface area contributed by atoms with Gasteiger partial charge in [-0.05, 0) is 29.9 Å². The molecule has 1 aromatic rings. The predicted octanol–water partition coefficient (Wildman–Crippen LogP) is 2.47. The van der Waals surface area contributed by atoms with Crippen molar-refractivity contribution in [3.63, 3.8) is 0 Å². The van der Waals surface area contributed by atoms with Gasteiger partial charge >= 0.3 is 0 Å². The molecule has 32 heavy (non-hydrogen) atoms. The van der Waals surface area contributed by atoms with Crippen molar-refractivity contribution in [2.24, 2.45) is 16.7 Å². The molecule has 3 fully saturated rings. The second-order valence-electron chi connectivity index (χ2n) is 10.5. The van der Waals surface area contributed by atoms with E-state index in [4.69, 9.17) is 4.74 Å². The molecule has 0 bridgehead atoms. The van der Waals surface area contributed by atoms with Crippen molar-refractivity contribution in [2.45, 2.75) is 47.1 Å². The fourth-order valence-corrected chi connectivity index (χ4v) is 5.30. The Hall–Kier alpha value is -2.25. The highest BCUT2D eigenvalue weighted by atomic mass is 16.5. The maximum Gasteiger partial charge on any atom is 0.257 e. The van der Waals surface area contributed by atoms with Gasteiger partial charge in [-0.3, -0.25) is 19.3 Å². The highest BCUT2D eigenvalue weighted by Gasteiger charge is 2.69. The first-order valence-electron chi connectivity index (χ1n) is 11.6. The van der Waals surface area contributed by atoms with Crippen molar-refractivity contribution < 1.29 is 19.1 Å². The molecule has 174 valence electrons. The van der Waals surface area contributed by atoms with Crippen LogP contribution in [0.5, 0.6) is 0 Å². The van der Waals surface area contributed by atoms with E-state index in [1.165, 1.54) is 4.90 Å². The summed E-state index contributed by atoms with van der Waals surface area (Å²) in [6, 6.07) is 6.62. The second kappa shape index (κ2) is 8.27. The Labute approximate surface area is 190 Å². The number of hydrogen-bond acceptors (Lipinski definition) is 5. The molecule has 2 heterocycles. The van der Waals surface area contributed by atoms with Gasteiger partial charge in [-0.1, -0.05) is 45.4 Å². The van der Waals surface area contributed by atoms with Crippen molar-refractivity contribution in [1.82, 2.24) is 9.80 Å². The molecule has 0 aromatic heterocycles. The van der Waals surface area contributed by atoms with Crippen LogP contribution in [-0.2, 0) is 19.1 Å². The van der Waals surface area contributed by atoms with Crippen molar-refractivity contribution in [3.05, 3.63) is 29.8 Å². The van der Waals surface area contributed by atoms with E-state index in [9.17, 15) is 14.4 Å². The Kier molecular flexibility index (Phi) is 5.92. The zero-order valence-electron chi connectivity index (χ0n) is 19.9. The van der Waals surface area contributed by atoms with E-state index in [0.717, 1.165) is 18.7 Å². The lowest BCUT2D eigenvalue weighted by atomic mass is 10.0. The lowest BCUT2D eigenvalue weighted by Gasteiger charge is -2.33. The molecule has 0 N–H and O–H groups in total. The SMILES string of the molecule is Cc1ccc(N2C(=O)CC(N(CCN3CCOCC3)C(=O)C3C(C)(C)C3(C)C)C2=O)cc1. The fraction of sp³-hybridized carbons (Fsp3) is 0.640. The largest absolute Gasteiger partial charge is 0.379 e. The van der Waals surface area contributed by atoms with Crippen LogP contribution in [0.15, 0.2) is 24.3 Å². The molecule has 1 aromatic carbocycles. The minimum atomic E-state index is -0.746. The fourth-order valence-electron chi connectivity index (χ4n) is 5.30. The van der Waals surface area contributed by atoms with Gasteiger partial charge in [0.15, 0.2) is 0 Å². The molecule has 0 radical (unpaired) electrons. The summed E-state index contributed by atoms with van der Waals surface area (Å²) in [5.41, 5.74) is 1.36. The lowest BCUT2D eigenvalue weighted by Crippen LogP contribution is -2.50. The van der Waals surface area contributed by atoms with E-state index in [1.54, 1.807) is 17.0 Å². The van der Waals surface area contributed by atoms with Crippen molar-refractivity contribution in [1.29, 1.82) is 0 Å². The number of hydrogen-bond donors (Lipinski definition) is 0. The zero-order valence-corrected chi connectivity index (χ0v) is 19.9. The van der Waals surface area contributed by atoms with Crippen molar-refractivity contribution >= 4 is 23.4 Å². The maximum atomic E-state index is 13.7. The van der Waals surface area contributed by atoms with E-state index in [-0.39, 0.29) is 40.9 Å². The van der Waals surface area contributed by atoms with E-state index < -0.39 is 6.04 Å². The molecule has 7 heteroatoms. The predicted molar refractivity (Wildman–Crippen MR) is 122 cm³/mol. The Morgan fingerprint density at radius 1 is 1.06 bits per heavy atom. The number of ether oxygens (including phenoxy) is 1. The first-order chi connectivity index (χ1) is 15.1. The summed E-state index contributed by atoms with van der Waals surface area (Å²) >= 11 is 0. The van der Waals surface area contributed by atoms with Crippen LogP contribution < -0.4 is 4.90 Å². The Balaban J connectivity index is 1.57. The third kappa shape index (κ3) is 3.86. The Bertz CT molecular complexity index is 888. The molecule has 1 aliphatic carbocycles. The van der Waals surface area contributed by atoms with Crippen LogP contribution in [0.3, 0.4) is 0 Å². The first kappa shape index (κ1) is 22.9. The molecule has 2 aliphatic heterocycles. The van der Waals surface area contributed by atoms with Crippen LogP contribution in [0.1, 0.15) is 39.7 Å². The number of anilines is 1. The molecule has 1 unspecified atom stereocenters. The Morgan fingerprint density at radius 2 is 1.66 bits per heavy atom. The molecule has 3 amide bonds. The van der Waals surface area contributed by atoms with E-state index in [2.05, 4.69) is 32.6 Å². The molecule has 7 nitrogen and oxygen atoms in total. The number of benzene rings is 1. The molecular formula is C25H35N3O4. The number of aryl methyl sites for hydroxylation is 1. The number of carbonyl (C=O) groups is 3. The normalized spacial score (nSPS) is 25.3. The summed E-state index contributed by atoms with van der Waals surface area (Å²) in [5, 5.41) is 0. The smallest absolute Gasteiger partial charge is 0.257 e. The minimum absolute atomic E-state index is 0.00911. The van der Waals surface area contributed by atoms with E-state index in [0.29, 0.717) is 32.0 Å². The van der Waals surface area contributed by atoms with Gasteiger partial charge in [-0.2, -0.15) is 0 Å². The minimum Gasteiger partial charge on any atom is -0.379 e. The number of morpholine rings is 1. The van der Waals surface area contributed by atoms with Gasteiger partial charge in [0.2, 0.25) is 11.8 Å². The van der Waals surface area contributed by atoms with E-state index in [1.807, 2.05) is 19.1 Å². The molecule has 4 rings (SSSR count). The average Bonchev–Trinajstić information content (AvgIpc) is 2.98. The molecule has 2 saturated heterocycles. The Morgan fingerprint density at radius 3 is 2.22 bits per heavy atom. The highest BCUT2D eigenvalue weighted by Crippen LogP contribution is 2.69. The number of rotatable bonds is 6. The number of nitrogens with zero attached hydrogens (tertiary/aromatic N) is 3. The maximum absolute atomic E-state index is 13.7. The molecule has 0 spiro atoms. The van der Waals surface area contributed by atoms with Crippen LogP contribution in [0.2, 0.25) is 0 Å².